The zero-order chi connectivity index (χ0) is 14.0. The second-order valence-electron chi connectivity index (χ2n) is 5.16. The number of hydrogen-bond acceptors (Lipinski definition) is 2. The van der Waals surface area contributed by atoms with E-state index in [9.17, 15) is 9.59 Å². The van der Waals surface area contributed by atoms with Crippen LogP contribution in [0.1, 0.15) is 19.4 Å². The maximum Gasteiger partial charge on any atom is 0.323 e. The number of urea groups is 1. The molecule has 2 aromatic rings. The fourth-order valence-electron chi connectivity index (χ4n) is 1.95. The highest BCUT2D eigenvalue weighted by Crippen LogP contribution is 2.24. The first-order chi connectivity index (χ1) is 8.92. The van der Waals surface area contributed by atoms with E-state index in [1.54, 1.807) is 7.05 Å². The summed E-state index contributed by atoms with van der Waals surface area (Å²) >= 11 is 0. The van der Waals surface area contributed by atoms with E-state index in [4.69, 9.17) is 0 Å². The van der Waals surface area contributed by atoms with E-state index < -0.39 is 0 Å². The van der Waals surface area contributed by atoms with Crippen LogP contribution in [0.15, 0.2) is 23.0 Å². The molecule has 0 spiro atoms. The molecule has 0 saturated heterocycles. The summed E-state index contributed by atoms with van der Waals surface area (Å²) in [6, 6.07) is 5.55. The summed E-state index contributed by atoms with van der Waals surface area (Å²) in [4.78, 5) is 27.9. The van der Waals surface area contributed by atoms with Gasteiger partial charge >= 0.3 is 11.7 Å². The summed E-state index contributed by atoms with van der Waals surface area (Å²) in [7, 11) is 1.58. The van der Waals surface area contributed by atoms with Gasteiger partial charge in [0.15, 0.2) is 0 Å². The van der Waals surface area contributed by atoms with Crippen molar-refractivity contribution in [1.82, 2.24) is 20.6 Å². The summed E-state index contributed by atoms with van der Waals surface area (Å²) in [6.45, 7) is 4.58. The van der Waals surface area contributed by atoms with Gasteiger partial charge < -0.3 is 20.6 Å². The number of carbonyl (C=O) groups excluding carboxylic acids is 1. The summed E-state index contributed by atoms with van der Waals surface area (Å²) < 4.78 is 0. The number of carbonyl (C=O) groups is 1. The van der Waals surface area contributed by atoms with Gasteiger partial charge in [0.05, 0.1) is 11.0 Å². The normalized spacial score (nSPS) is 11.5. The number of rotatable bonds is 3. The molecule has 6 nitrogen and oxygen atoms in total. The first-order valence-corrected chi connectivity index (χ1v) is 6.10. The van der Waals surface area contributed by atoms with E-state index in [0.29, 0.717) is 6.54 Å². The van der Waals surface area contributed by atoms with Gasteiger partial charge in [-0.1, -0.05) is 19.9 Å². The second-order valence-corrected chi connectivity index (χ2v) is 5.16. The quantitative estimate of drug-likeness (QED) is 0.666. The highest BCUT2D eigenvalue weighted by atomic mass is 16.2. The SMILES string of the molecule is CNC(=O)NCC(C)(C)c1ccc2[nH]c(=O)[nH]c2c1. The Hall–Kier alpha value is -2.24. The Balaban J connectivity index is 2.26. The van der Waals surface area contributed by atoms with Crippen molar-refractivity contribution in [3.8, 4) is 0 Å². The number of benzene rings is 1. The number of H-pyrrole nitrogens is 2. The predicted octanol–water partition coefficient (Wildman–Crippen LogP) is 1.06. The largest absolute Gasteiger partial charge is 0.341 e. The van der Waals surface area contributed by atoms with E-state index in [0.717, 1.165) is 16.6 Å². The van der Waals surface area contributed by atoms with Gasteiger partial charge in [0.25, 0.3) is 0 Å². The molecule has 0 unspecified atom stereocenters. The summed E-state index contributed by atoms with van der Waals surface area (Å²) in [5.74, 6) is 0. The molecular weight excluding hydrogens is 244 g/mol. The molecule has 0 atom stereocenters. The van der Waals surface area contributed by atoms with Gasteiger partial charge in [-0.2, -0.15) is 0 Å². The lowest BCUT2D eigenvalue weighted by molar-refractivity contribution is 0.240. The van der Waals surface area contributed by atoms with E-state index in [-0.39, 0.29) is 17.1 Å². The molecule has 1 aromatic carbocycles. The van der Waals surface area contributed by atoms with Crippen LogP contribution in [-0.2, 0) is 5.41 Å². The minimum atomic E-state index is -0.227. The van der Waals surface area contributed by atoms with Crippen molar-refractivity contribution in [3.05, 3.63) is 34.2 Å². The second kappa shape index (κ2) is 4.79. The van der Waals surface area contributed by atoms with Crippen molar-refractivity contribution in [2.24, 2.45) is 0 Å². The fourth-order valence-corrected chi connectivity index (χ4v) is 1.95. The van der Waals surface area contributed by atoms with Gasteiger partial charge in [-0.15, -0.1) is 0 Å². The van der Waals surface area contributed by atoms with Crippen LogP contribution in [0.5, 0.6) is 0 Å². The number of amides is 2. The summed E-state index contributed by atoms with van der Waals surface area (Å²) in [6.07, 6.45) is 0. The van der Waals surface area contributed by atoms with Crippen LogP contribution in [0.3, 0.4) is 0 Å². The molecule has 0 fully saturated rings. The zero-order valence-electron chi connectivity index (χ0n) is 11.3. The number of aromatic nitrogens is 2. The lowest BCUT2D eigenvalue weighted by atomic mass is 9.84. The number of nitrogens with one attached hydrogen (secondary N) is 4. The smallest absolute Gasteiger partial charge is 0.323 e. The van der Waals surface area contributed by atoms with Crippen LogP contribution in [0.25, 0.3) is 11.0 Å². The van der Waals surface area contributed by atoms with Crippen LogP contribution in [0.4, 0.5) is 4.79 Å². The van der Waals surface area contributed by atoms with Crippen molar-refractivity contribution in [2.45, 2.75) is 19.3 Å². The predicted molar refractivity (Wildman–Crippen MR) is 74.4 cm³/mol. The molecule has 102 valence electrons. The number of hydrogen-bond donors (Lipinski definition) is 4. The fraction of sp³-hybridized carbons (Fsp3) is 0.385. The molecule has 2 amide bonds. The molecule has 2 rings (SSSR count). The first-order valence-electron chi connectivity index (χ1n) is 6.10. The van der Waals surface area contributed by atoms with E-state index in [1.165, 1.54) is 0 Å². The molecule has 4 N–H and O–H groups in total. The molecule has 0 saturated carbocycles. The third-order valence-corrected chi connectivity index (χ3v) is 3.22. The summed E-state index contributed by atoms with van der Waals surface area (Å²) in [5, 5.41) is 5.31. The molecule has 1 heterocycles. The van der Waals surface area contributed by atoms with Crippen LogP contribution < -0.4 is 16.3 Å². The average molecular weight is 262 g/mol. The molecule has 0 bridgehead atoms. The Morgan fingerprint density at radius 3 is 2.63 bits per heavy atom. The van der Waals surface area contributed by atoms with Gasteiger partial charge in [0.2, 0.25) is 0 Å². The molecule has 0 aliphatic carbocycles. The van der Waals surface area contributed by atoms with Crippen molar-refractivity contribution in [3.63, 3.8) is 0 Å². The Labute approximate surface area is 110 Å². The van der Waals surface area contributed by atoms with Crippen molar-refractivity contribution >= 4 is 17.1 Å². The van der Waals surface area contributed by atoms with Crippen LogP contribution >= 0.6 is 0 Å². The molecule has 1 aromatic heterocycles. The molecule has 0 aliphatic rings. The number of aromatic amines is 2. The van der Waals surface area contributed by atoms with Gasteiger partial charge in [0, 0.05) is 19.0 Å². The monoisotopic (exact) mass is 262 g/mol. The Morgan fingerprint density at radius 2 is 1.95 bits per heavy atom. The number of imidazole rings is 1. The van der Waals surface area contributed by atoms with Gasteiger partial charge in [-0.25, -0.2) is 9.59 Å². The Kier molecular flexibility index (Phi) is 3.33. The average Bonchev–Trinajstić information content (AvgIpc) is 2.74. The van der Waals surface area contributed by atoms with Crippen molar-refractivity contribution in [2.75, 3.05) is 13.6 Å². The lowest BCUT2D eigenvalue weighted by Gasteiger charge is -2.25. The van der Waals surface area contributed by atoms with Gasteiger partial charge in [-0.3, -0.25) is 0 Å². The van der Waals surface area contributed by atoms with Gasteiger partial charge in [-0.05, 0) is 17.7 Å². The van der Waals surface area contributed by atoms with E-state index >= 15 is 0 Å². The molecular formula is C13H18N4O2. The third kappa shape index (κ3) is 2.78. The highest BCUT2D eigenvalue weighted by Gasteiger charge is 2.21. The lowest BCUT2D eigenvalue weighted by Crippen LogP contribution is -2.40. The van der Waals surface area contributed by atoms with Crippen LogP contribution in [-0.4, -0.2) is 29.6 Å². The summed E-state index contributed by atoms with van der Waals surface area (Å²) in [5.41, 5.74) is 2.16. The van der Waals surface area contributed by atoms with Crippen LogP contribution in [0, 0.1) is 0 Å². The Bertz CT molecular complexity index is 654. The minimum Gasteiger partial charge on any atom is -0.341 e. The topological polar surface area (TPSA) is 89.8 Å². The maximum atomic E-state index is 11.2. The van der Waals surface area contributed by atoms with E-state index in [2.05, 4.69) is 20.6 Å². The third-order valence-electron chi connectivity index (χ3n) is 3.22. The standard InChI is InChI=1S/C13H18N4O2/c1-13(2,7-15-11(18)14-3)8-4-5-9-10(6-8)17-12(19)16-9/h4-6H,7H2,1-3H3,(H2,14,15,18)(H2,16,17,19). The van der Waals surface area contributed by atoms with Gasteiger partial charge in [0.1, 0.15) is 0 Å². The van der Waals surface area contributed by atoms with Crippen LogP contribution in [0.2, 0.25) is 0 Å². The minimum absolute atomic E-state index is 0.204. The molecule has 0 aliphatic heterocycles. The Morgan fingerprint density at radius 1 is 1.26 bits per heavy atom. The molecule has 19 heavy (non-hydrogen) atoms. The first kappa shape index (κ1) is 13.2. The molecule has 0 radical (unpaired) electrons. The number of fused-ring (bicyclic) bond motifs is 1. The maximum absolute atomic E-state index is 11.2. The van der Waals surface area contributed by atoms with Crippen molar-refractivity contribution < 1.29 is 4.79 Å². The van der Waals surface area contributed by atoms with E-state index in [1.807, 2.05) is 32.0 Å². The molecule has 6 heteroatoms. The highest BCUT2D eigenvalue weighted by molar-refractivity contribution is 5.76. The zero-order valence-corrected chi connectivity index (χ0v) is 11.3. The van der Waals surface area contributed by atoms with Crippen molar-refractivity contribution in [1.29, 1.82) is 0 Å².